The summed E-state index contributed by atoms with van der Waals surface area (Å²) in [5, 5.41) is 0. The fourth-order valence-electron chi connectivity index (χ4n) is 0.191. The van der Waals surface area contributed by atoms with Crippen LogP contribution >= 0.6 is 15.9 Å². The molecule has 0 bridgehead atoms. The Morgan fingerprint density at radius 2 is 2.50 bits per heavy atom. The zero-order chi connectivity index (χ0) is 6.57. The van der Waals surface area contributed by atoms with Crippen molar-refractivity contribution in [1.82, 2.24) is 0 Å². The van der Waals surface area contributed by atoms with Crippen molar-refractivity contribution in [2.45, 2.75) is 4.83 Å². The fraction of sp³-hybridized carbons (Fsp3) is 0.750. The van der Waals surface area contributed by atoms with Crippen molar-refractivity contribution >= 4 is 21.9 Å². The van der Waals surface area contributed by atoms with E-state index in [1.165, 1.54) is 7.11 Å². The topological polar surface area (TPSA) is 26.3 Å². The smallest absolute Gasteiger partial charge is 0.322 e. The molecule has 8 heavy (non-hydrogen) atoms. The van der Waals surface area contributed by atoms with Gasteiger partial charge in [0.25, 0.3) is 0 Å². The van der Waals surface area contributed by atoms with Crippen molar-refractivity contribution < 1.29 is 13.9 Å². The molecule has 0 aromatic rings. The molecule has 0 fully saturated rings. The summed E-state index contributed by atoms with van der Waals surface area (Å²) in [6.07, 6.45) is 0. The monoisotopic (exact) mass is 184 g/mol. The molecule has 0 saturated carbocycles. The third-order valence-corrected chi connectivity index (χ3v) is 1.21. The second kappa shape index (κ2) is 3.83. The Balaban J connectivity index is 3.46. The minimum absolute atomic E-state index is 0.576. The molecule has 0 aromatic carbocycles. The zero-order valence-electron chi connectivity index (χ0n) is 4.36. The average molecular weight is 185 g/mol. The number of esters is 1. The molecule has 1 unspecified atom stereocenters. The quantitative estimate of drug-likeness (QED) is 0.471. The second-order valence-electron chi connectivity index (χ2n) is 1.14. The molecule has 0 saturated heterocycles. The zero-order valence-corrected chi connectivity index (χ0v) is 5.94. The van der Waals surface area contributed by atoms with Gasteiger partial charge in [0.05, 0.1) is 7.11 Å². The molecule has 0 amide bonds. The number of methoxy groups -OCH3 is 1. The molecular weight excluding hydrogens is 179 g/mol. The predicted octanol–water partition coefficient (Wildman–Crippen LogP) is 0.892. The molecule has 4 heteroatoms. The molecule has 0 radical (unpaired) electrons. The van der Waals surface area contributed by atoms with Gasteiger partial charge in [-0.15, -0.1) is 0 Å². The van der Waals surface area contributed by atoms with Crippen molar-refractivity contribution in [2.75, 3.05) is 13.8 Å². The third-order valence-electron chi connectivity index (χ3n) is 0.592. The first-order chi connectivity index (χ1) is 3.72. The summed E-state index contributed by atoms with van der Waals surface area (Å²) in [7, 11) is 1.21. The van der Waals surface area contributed by atoms with Crippen LogP contribution in [0.15, 0.2) is 0 Å². The van der Waals surface area contributed by atoms with Crippen molar-refractivity contribution in [1.29, 1.82) is 0 Å². The van der Waals surface area contributed by atoms with Crippen molar-refractivity contribution in [3.8, 4) is 0 Å². The van der Waals surface area contributed by atoms with E-state index in [0.29, 0.717) is 0 Å². The Labute approximate surface area is 55.1 Å². The van der Waals surface area contributed by atoms with Gasteiger partial charge in [-0.3, -0.25) is 4.79 Å². The third kappa shape index (κ3) is 2.26. The van der Waals surface area contributed by atoms with E-state index in [4.69, 9.17) is 0 Å². The van der Waals surface area contributed by atoms with Crippen LogP contribution in [-0.2, 0) is 9.53 Å². The summed E-state index contributed by atoms with van der Waals surface area (Å²) < 4.78 is 15.7. The fourth-order valence-corrected chi connectivity index (χ4v) is 0.378. The summed E-state index contributed by atoms with van der Waals surface area (Å²) >= 11 is 2.75. The van der Waals surface area contributed by atoms with E-state index in [2.05, 4.69) is 20.7 Å². The van der Waals surface area contributed by atoms with Gasteiger partial charge in [0.1, 0.15) is 11.5 Å². The van der Waals surface area contributed by atoms with E-state index in [9.17, 15) is 9.18 Å². The number of alkyl halides is 2. The molecule has 0 N–H and O–H groups in total. The lowest BCUT2D eigenvalue weighted by Gasteiger charge is -1.99. The summed E-state index contributed by atoms with van der Waals surface area (Å²) in [6, 6.07) is 0. The van der Waals surface area contributed by atoms with Crippen LogP contribution in [0.4, 0.5) is 4.39 Å². The van der Waals surface area contributed by atoms with Gasteiger partial charge in [-0.1, -0.05) is 15.9 Å². The van der Waals surface area contributed by atoms with Crippen molar-refractivity contribution in [2.24, 2.45) is 0 Å². The van der Waals surface area contributed by atoms with Crippen LogP contribution in [0.3, 0.4) is 0 Å². The summed E-state index contributed by atoms with van der Waals surface area (Å²) in [6.45, 7) is -0.729. The van der Waals surface area contributed by atoms with Gasteiger partial charge in [0, 0.05) is 0 Å². The molecule has 0 rings (SSSR count). The van der Waals surface area contributed by atoms with Gasteiger partial charge in [-0.05, 0) is 0 Å². The van der Waals surface area contributed by atoms with Crippen LogP contribution in [0.25, 0.3) is 0 Å². The maximum absolute atomic E-state index is 11.5. The first-order valence-corrected chi connectivity index (χ1v) is 2.91. The van der Waals surface area contributed by atoms with Gasteiger partial charge < -0.3 is 4.74 Å². The molecule has 0 aliphatic carbocycles. The molecule has 2 nitrogen and oxygen atoms in total. The van der Waals surface area contributed by atoms with Crippen molar-refractivity contribution in [3.05, 3.63) is 0 Å². The number of rotatable bonds is 2. The molecular formula is C4H6BrFO2. The number of carbonyl (C=O) groups is 1. The highest BCUT2D eigenvalue weighted by molar-refractivity contribution is 9.10. The first kappa shape index (κ1) is 7.88. The molecule has 0 aliphatic heterocycles. The first-order valence-electron chi connectivity index (χ1n) is 2.00. The Morgan fingerprint density at radius 1 is 2.00 bits per heavy atom. The van der Waals surface area contributed by atoms with Crippen LogP contribution in [0.5, 0.6) is 0 Å². The van der Waals surface area contributed by atoms with E-state index >= 15 is 0 Å². The minimum atomic E-state index is -0.799. The highest BCUT2D eigenvalue weighted by Crippen LogP contribution is 2.00. The van der Waals surface area contributed by atoms with E-state index in [1.54, 1.807) is 0 Å². The number of ether oxygens (including phenoxy) is 1. The Kier molecular flexibility index (Phi) is 3.77. The largest absolute Gasteiger partial charge is 0.468 e. The standard InChI is InChI=1S/C4H6BrFO2/c1-8-4(7)3(5)2-6/h3H,2H2,1H3. The van der Waals surface area contributed by atoms with Crippen LogP contribution in [0.2, 0.25) is 0 Å². The molecule has 0 aliphatic rings. The molecule has 0 spiro atoms. The second-order valence-corrected chi connectivity index (χ2v) is 2.25. The van der Waals surface area contributed by atoms with Gasteiger partial charge >= 0.3 is 5.97 Å². The van der Waals surface area contributed by atoms with E-state index in [0.717, 1.165) is 0 Å². The van der Waals surface area contributed by atoms with Crippen LogP contribution < -0.4 is 0 Å². The lowest BCUT2D eigenvalue weighted by molar-refractivity contribution is -0.140. The van der Waals surface area contributed by atoms with E-state index in [1.807, 2.05) is 0 Å². The number of halogens is 2. The number of carbonyl (C=O) groups excluding carboxylic acids is 1. The normalized spacial score (nSPS) is 12.9. The molecule has 1 atom stereocenters. The van der Waals surface area contributed by atoms with E-state index in [-0.39, 0.29) is 0 Å². The van der Waals surface area contributed by atoms with Crippen LogP contribution in [-0.4, -0.2) is 24.6 Å². The average Bonchev–Trinajstić information content (AvgIpc) is 1.84. The predicted molar refractivity (Wildman–Crippen MR) is 30.7 cm³/mol. The summed E-state index contributed by atoms with van der Waals surface area (Å²) in [4.78, 5) is 9.44. The van der Waals surface area contributed by atoms with Crippen molar-refractivity contribution in [3.63, 3.8) is 0 Å². The van der Waals surface area contributed by atoms with Gasteiger partial charge in [-0.25, -0.2) is 4.39 Å². The Hall–Kier alpha value is -0.120. The highest BCUT2D eigenvalue weighted by Gasteiger charge is 2.13. The highest BCUT2D eigenvalue weighted by atomic mass is 79.9. The minimum Gasteiger partial charge on any atom is -0.468 e. The number of hydrogen-bond acceptors (Lipinski definition) is 2. The van der Waals surface area contributed by atoms with Gasteiger partial charge in [-0.2, -0.15) is 0 Å². The lowest BCUT2D eigenvalue weighted by Crippen LogP contribution is -2.16. The summed E-state index contributed by atoms with van der Waals surface area (Å²) in [5.41, 5.74) is 0. The van der Waals surface area contributed by atoms with Crippen LogP contribution in [0.1, 0.15) is 0 Å². The molecule has 48 valence electrons. The summed E-state index contributed by atoms with van der Waals surface area (Å²) in [5.74, 6) is -0.576. The lowest BCUT2D eigenvalue weighted by atomic mass is 10.5. The molecule has 0 heterocycles. The maximum atomic E-state index is 11.5. The Bertz CT molecular complexity index is 86.1. The van der Waals surface area contributed by atoms with E-state index < -0.39 is 17.5 Å². The maximum Gasteiger partial charge on any atom is 0.322 e. The van der Waals surface area contributed by atoms with Gasteiger partial charge in [0.2, 0.25) is 0 Å². The van der Waals surface area contributed by atoms with Gasteiger partial charge in [0.15, 0.2) is 0 Å². The SMILES string of the molecule is COC(=O)C(Br)CF. The Morgan fingerprint density at radius 3 is 2.62 bits per heavy atom. The van der Waals surface area contributed by atoms with Crippen LogP contribution in [0, 0.1) is 0 Å². The number of hydrogen-bond donors (Lipinski definition) is 0. The molecule has 0 aromatic heterocycles.